The van der Waals surface area contributed by atoms with Crippen molar-refractivity contribution in [1.82, 2.24) is 5.32 Å². The van der Waals surface area contributed by atoms with E-state index in [1.807, 2.05) is 0 Å². The van der Waals surface area contributed by atoms with Gasteiger partial charge in [0.05, 0.1) is 6.10 Å². The summed E-state index contributed by atoms with van der Waals surface area (Å²) in [4.78, 5) is 11.5. The number of carbonyl (C=O) groups is 1. The summed E-state index contributed by atoms with van der Waals surface area (Å²) in [6.45, 7) is 3.29. The Hall–Kier alpha value is -1.49. The van der Waals surface area contributed by atoms with Gasteiger partial charge in [-0.15, -0.1) is 0 Å². The number of aliphatic hydroxyl groups is 1. The van der Waals surface area contributed by atoms with Crippen LogP contribution < -0.4 is 5.32 Å². The number of halogens is 2. The Balaban J connectivity index is 2.51. The van der Waals surface area contributed by atoms with E-state index in [4.69, 9.17) is 5.11 Å². The van der Waals surface area contributed by atoms with Crippen LogP contribution in [0, 0.1) is 11.6 Å². The molecule has 0 fully saturated rings. The Labute approximate surface area is 111 Å². The minimum atomic E-state index is -0.606. The van der Waals surface area contributed by atoms with E-state index in [1.165, 1.54) is 18.2 Å². The predicted molar refractivity (Wildman–Crippen MR) is 68.6 cm³/mol. The highest BCUT2D eigenvalue weighted by Gasteiger charge is 2.14. The molecule has 2 unspecified atom stereocenters. The zero-order valence-electron chi connectivity index (χ0n) is 11.1. The maximum Gasteiger partial charge on any atom is 0.220 e. The lowest BCUT2D eigenvalue weighted by atomic mass is 10.1. The molecule has 3 nitrogen and oxygen atoms in total. The predicted octanol–water partition coefficient (Wildman–Crippen LogP) is 2.17. The second kappa shape index (κ2) is 7.19. The minimum absolute atomic E-state index is 0.0224. The van der Waals surface area contributed by atoms with E-state index in [1.54, 1.807) is 13.8 Å². The van der Waals surface area contributed by atoms with Crippen molar-refractivity contribution in [2.75, 3.05) is 0 Å². The van der Waals surface area contributed by atoms with Gasteiger partial charge >= 0.3 is 0 Å². The number of hydrogen-bond acceptors (Lipinski definition) is 2. The van der Waals surface area contributed by atoms with Gasteiger partial charge in [0.25, 0.3) is 0 Å². The van der Waals surface area contributed by atoms with Gasteiger partial charge in [-0.25, -0.2) is 8.78 Å². The van der Waals surface area contributed by atoms with Gasteiger partial charge in [-0.05, 0) is 38.8 Å². The first-order valence-electron chi connectivity index (χ1n) is 6.30. The van der Waals surface area contributed by atoms with Crippen molar-refractivity contribution in [3.05, 3.63) is 35.4 Å². The van der Waals surface area contributed by atoms with Gasteiger partial charge in [0.2, 0.25) is 5.91 Å². The average Bonchev–Trinajstić information content (AvgIpc) is 2.31. The number of hydrogen-bond donors (Lipinski definition) is 2. The molecule has 0 saturated heterocycles. The van der Waals surface area contributed by atoms with E-state index in [-0.39, 0.29) is 30.4 Å². The van der Waals surface area contributed by atoms with Crippen LogP contribution in [0.25, 0.3) is 0 Å². The first kappa shape index (κ1) is 15.6. The molecule has 0 aliphatic rings. The number of aliphatic hydroxyl groups excluding tert-OH is 1. The number of nitrogens with one attached hydrogen (secondary N) is 1. The van der Waals surface area contributed by atoms with E-state index in [0.717, 1.165) is 0 Å². The molecule has 0 bridgehead atoms. The SMILES string of the molecule is CC(O)CCC(=O)NC(C)Cc1c(F)cccc1F. The summed E-state index contributed by atoms with van der Waals surface area (Å²) in [5.41, 5.74) is -0.0224. The van der Waals surface area contributed by atoms with Crippen molar-refractivity contribution in [1.29, 1.82) is 0 Å². The van der Waals surface area contributed by atoms with Crippen LogP contribution in [0.3, 0.4) is 0 Å². The largest absolute Gasteiger partial charge is 0.393 e. The molecule has 106 valence electrons. The Kier molecular flexibility index (Phi) is 5.89. The summed E-state index contributed by atoms with van der Waals surface area (Å²) in [5.74, 6) is -1.44. The van der Waals surface area contributed by atoms with Crippen LogP contribution in [0.1, 0.15) is 32.3 Å². The van der Waals surface area contributed by atoms with Crippen LogP contribution in [-0.4, -0.2) is 23.2 Å². The number of rotatable bonds is 6. The van der Waals surface area contributed by atoms with Crippen LogP contribution in [0.4, 0.5) is 8.78 Å². The molecule has 0 saturated carbocycles. The molecule has 19 heavy (non-hydrogen) atoms. The van der Waals surface area contributed by atoms with E-state index < -0.39 is 17.7 Å². The number of carbonyl (C=O) groups excluding carboxylic acids is 1. The van der Waals surface area contributed by atoms with Gasteiger partial charge < -0.3 is 10.4 Å². The summed E-state index contributed by atoms with van der Waals surface area (Å²) in [5, 5.41) is 11.7. The molecule has 1 aromatic rings. The lowest BCUT2D eigenvalue weighted by Gasteiger charge is -2.15. The Morgan fingerprint density at radius 2 is 1.89 bits per heavy atom. The third-order valence-corrected chi connectivity index (χ3v) is 2.77. The van der Waals surface area contributed by atoms with Gasteiger partial charge in [0.15, 0.2) is 0 Å². The highest BCUT2D eigenvalue weighted by atomic mass is 19.1. The zero-order valence-corrected chi connectivity index (χ0v) is 11.1. The number of benzene rings is 1. The Morgan fingerprint density at radius 1 is 1.32 bits per heavy atom. The summed E-state index contributed by atoms with van der Waals surface area (Å²) in [7, 11) is 0. The fourth-order valence-electron chi connectivity index (χ4n) is 1.77. The third kappa shape index (κ3) is 5.34. The normalized spacial score (nSPS) is 13.9. The summed E-state index contributed by atoms with van der Waals surface area (Å²) < 4.78 is 26.8. The van der Waals surface area contributed by atoms with E-state index in [9.17, 15) is 13.6 Å². The molecule has 5 heteroatoms. The fraction of sp³-hybridized carbons (Fsp3) is 0.500. The second-order valence-corrected chi connectivity index (χ2v) is 4.76. The molecule has 0 aliphatic carbocycles. The van der Waals surface area contributed by atoms with Crippen molar-refractivity contribution in [3.8, 4) is 0 Å². The maximum absolute atomic E-state index is 13.4. The smallest absolute Gasteiger partial charge is 0.220 e. The molecule has 1 aromatic carbocycles. The molecule has 0 aliphatic heterocycles. The van der Waals surface area contributed by atoms with Gasteiger partial charge in [0.1, 0.15) is 11.6 Å². The van der Waals surface area contributed by atoms with Crippen LogP contribution >= 0.6 is 0 Å². The molecule has 0 spiro atoms. The third-order valence-electron chi connectivity index (χ3n) is 2.77. The monoisotopic (exact) mass is 271 g/mol. The lowest BCUT2D eigenvalue weighted by molar-refractivity contribution is -0.122. The minimum Gasteiger partial charge on any atom is -0.393 e. The van der Waals surface area contributed by atoms with Crippen molar-refractivity contribution < 1.29 is 18.7 Å². The van der Waals surface area contributed by atoms with Crippen LogP contribution in [0.15, 0.2) is 18.2 Å². The highest BCUT2D eigenvalue weighted by molar-refractivity contribution is 5.76. The van der Waals surface area contributed by atoms with Crippen molar-refractivity contribution in [2.24, 2.45) is 0 Å². The Morgan fingerprint density at radius 3 is 2.42 bits per heavy atom. The summed E-state index contributed by atoms with van der Waals surface area (Å²) >= 11 is 0. The lowest BCUT2D eigenvalue weighted by Crippen LogP contribution is -2.34. The van der Waals surface area contributed by atoms with Crippen molar-refractivity contribution >= 4 is 5.91 Å². The highest BCUT2D eigenvalue weighted by Crippen LogP contribution is 2.14. The van der Waals surface area contributed by atoms with Crippen LogP contribution in [0.2, 0.25) is 0 Å². The van der Waals surface area contributed by atoms with E-state index in [2.05, 4.69) is 5.32 Å². The van der Waals surface area contributed by atoms with Gasteiger partial charge in [-0.1, -0.05) is 6.07 Å². The molecule has 1 amide bonds. The molecular weight excluding hydrogens is 252 g/mol. The average molecular weight is 271 g/mol. The molecule has 2 atom stereocenters. The first-order valence-corrected chi connectivity index (χ1v) is 6.30. The van der Waals surface area contributed by atoms with Crippen molar-refractivity contribution in [3.63, 3.8) is 0 Å². The molecule has 0 heterocycles. The Bertz CT molecular complexity index is 415. The van der Waals surface area contributed by atoms with E-state index >= 15 is 0 Å². The van der Waals surface area contributed by atoms with Gasteiger partial charge in [-0.2, -0.15) is 0 Å². The standard InChI is InChI=1S/C14H19F2NO2/c1-9(17-14(19)7-6-10(2)18)8-11-12(15)4-3-5-13(11)16/h3-5,9-10,18H,6-8H2,1-2H3,(H,17,19). The van der Waals surface area contributed by atoms with Gasteiger partial charge in [0, 0.05) is 18.0 Å². The molecule has 0 aromatic heterocycles. The second-order valence-electron chi connectivity index (χ2n) is 4.76. The van der Waals surface area contributed by atoms with Gasteiger partial charge in [-0.3, -0.25) is 4.79 Å². The molecule has 0 radical (unpaired) electrons. The fourth-order valence-corrected chi connectivity index (χ4v) is 1.77. The first-order chi connectivity index (χ1) is 8.90. The maximum atomic E-state index is 13.4. The molecular formula is C14H19F2NO2. The van der Waals surface area contributed by atoms with Crippen molar-refractivity contribution in [2.45, 2.75) is 45.3 Å². The summed E-state index contributed by atoms with van der Waals surface area (Å²) in [6.07, 6.45) is 0.123. The molecule has 1 rings (SSSR count). The number of amides is 1. The molecule has 2 N–H and O–H groups in total. The topological polar surface area (TPSA) is 49.3 Å². The quantitative estimate of drug-likeness (QED) is 0.833. The zero-order chi connectivity index (χ0) is 14.4. The van der Waals surface area contributed by atoms with Crippen LogP contribution in [-0.2, 0) is 11.2 Å². The summed E-state index contributed by atoms with van der Waals surface area (Å²) in [6, 6.07) is 3.33. The van der Waals surface area contributed by atoms with E-state index in [0.29, 0.717) is 6.42 Å². The van der Waals surface area contributed by atoms with Crippen LogP contribution in [0.5, 0.6) is 0 Å².